The van der Waals surface area contributed by atoms with Gasteiger partial charge in [0.15, 0.2) is 5.13 Å². The maximum atomic E-state index is 4.82. The summed E-state index contributed by atoms with van der Waals surface area (Å²) in [6.07, 6.45) is 7.98. The van der Waals surface area contributed by atoms with E-state index < -0.39 is 0 Å². The second-order valence-electron chi connectivity index (χ2n) is 7.67. The highest BCUT2D eigenvalue weighted by atomic mass is 32.1. The van der Waals surface area contributed by atoms with Gasteiger partial charge in [-0.1, -0.05) is 13.8 Å². The van der Waals surface area contributed by atoms with Gasteiger partial charge < -0.3 is 10.2 Å². The summed E-state index contributed by atoms with van der Waals surface area (Å²) in [5.74, 6) is 0. The minimum atomic E-state index is 0.537. The Morgan fingerprint density at radius 3 is 2.52 bits per heavy atom. The van der Waals surface area contributed by atoms with E-state index in [-0.39, 0.29) is 0 Å². The lowest BCUT2D eigenvalue weighted by atomic mass is 9.75. The molecule has 4 heteroatoms. The zero-order valence-corrected chi connectivity index (χ0v) is 14.7. The van der Waals surface area contributed by atoms with E-state index in [1.165, 1.54) is 54.2 Å². The Labute approximate surface area is 133 Å². The van der Waals surface area contributed by atoms with Gasteiger partial charge in [-0.2, -0.15) is 0 Å². The van der Waals surface area contributed by atoms with E-state index in [4.69, 9.17) is 4.98 Å². The summed E-state index contributed by atoms with van der Waals surface area (Å²) in [5.41, 5.74) is 1.75. The highest BCUT2D eigenvalue weighted by Gasteiger charge is 2.30. The van der Waals surface area contributed by atoms with Gasteiger partial charge in [-0.3, -0.25) is 0 Å². The van der Waals surface area contributed by atoms with Gasteiger partial charge in [-0.05, 0) is 50.9 Å². The Hall–Kier alpha value is -0.610. The van der Waals surface area contributed by atoms with Crippen LogP contribution >= 0.6 is 11.3 Å². The zero-order valence-electron chi connectivity index (χ0n) is 13.9. The predicted molar refractivity (Wildman–Crippen MR) is 91.2 cm³/mol. The molecule has 1 aromatic rings. The number of nitrogens with one attached hydrogen (secondary N) is 1. The molecule has 0 aliphatic heterocycles. The van der Waals surface area contributed by atoms with Gasteiger partial charge in [0.2, 0.25) is 0 Å². The molecule has 0 atom stereocenters. The first-order chi connectivity index (χ1) is 9.94. The van der Waals surface area contributed by atoms with Crippen LogP contribution in [0.15, 0.2) is 0 Å². The van der Waals surface area contributed by atoms with E-state index in [0.717, 1.165) is 12.6 Å². The van der Waals surface area contributed by atoms with Crippen molar-refractivity contribution in [2.24, 2.45) is 5.41 Å². The lowest BCUT2D eigenvalue weighted by molar-refractivity contribution is 0.222. The molecule has 1 N–H and O–H groups in total. The van der Waals surface area contributed by atoms with Crippen molar-refractivity contribution >= 4 is 16.5 Å². The molecule has 2 aliphatic rings. The molecular weight excluding hydrogens is 278 g/mol. The summed E-state index contributed by atoms with van der Waals surface area (Å²) in [5, 5.41) is 4.82. The Morgan fingerprint density at radius 1 is 1.24 bits per heavy atom. The monoisotopic (exact) mass is 307 g/mol. The van der Waals surface area contributed by atoms with Crippen molar-refractivity contribution in [3.63, 3.8) is 0 Å². The Bertz CT molecular complexity index is 480. The van der Waals surface area contributed by atoms with Crippen LogP contribution in [0.25, 0.3) is 0 Å². The molecule has 1 heterocycles. The topological polar surface area (TPSA) is 28.2 Å². The number of anilines is 1. The number of rotatable bonds is 5. The van der Waals surface area contributed by atoms with E-state index in [2.05, 4.69) is 38.0 Å². The second-order valence-corrected chi connectivity index (χ2v) is 8.73. The lowest BCUT2D eigenvalue weighted by Gasteiger charge is -2.38. The quantitative estimate of drug-likeness (QED) is 0.887. The van der Waals surface area contributed by atoms with Crippen LogP contribution in [0.3, 0.4) is 0 Å². The number of aromatic nitrogens is 1. The van der Waals surface area contributed by atoms with E-state index in [0.29, 0.717) is 11.5 Å². The number of hydrogen-bond acceptors (Lipinski definition) is 4. The predicted octanol–water partition coefficient (Wildman–Crippen LogP) is 4.11. The standard InChI is InChI=1S/C17H29N3S/c1-12-15(11-18-13-5-6-13)21-16(19-12)20(4)14-7-9-17(2,3)10-8-14/h13-14,18H,5-11H2,1-4H3. The maximum absolute atomic E-state index is 4.82. The van der Waals surface area contributed by atoms with Crippen molar-refractivity contribution in [1.29, 1.82) is 0 Å². The normalized spacial score (nSPS) is 22.5. The van der Waals surface area contributed by atoms with E-state index >= 15 is 0 Å². The van der Waals surface area contributed by atoms with Crippen LogP contribution in [0.4, 0.5) is 5.13 Å². The molecule has 0 bridgehead atoms. The highest BCUT2D eigenvalue weighted by Crippen LogP contribution is 2.38. The lowest BCUT2D eigenvalue weighted by Crippen LogP contribution is -2.37. The molecule has 2 aliphatic carbocycles. The first kappa shape index (κ1) is 15.3. The first-order valence-corrected chi connectivity index (χ1v) is 9.19. The number of thiazole rings is 1. The van der Waals surface area contributed by atoms with Crippen molar-refractivity contribution < 1.29 is 0 Å². The molecule has 3 nitrogen and oxygen atoms in total. The third-order valence-electron chi connectivity index (χ3n) is 5.17. The largest absolute Gasteiger partial charge is 0.348 e. The van der Waals surface area contributed by atoms with E-state index in [1.54, 1.807) is 0 Å². The van der Waals surface area contributed by atoms with Crippen molar-refractivity contribution in [3.8, 4) is 0 Å². The third-order valence-corrected chi connectivity index (χ3v) is 6.42. The van der Waals surface area contributed by atoms with Crippen LogP contribution in [0.2, 0.25) is 0 Å². The van der Waals surface area contributed by atoms with Gasteiger partial charge in [0, 0.05) is 30.6 Å². The summed E-state index contributed by atoms with van der Waals surface area (Å²) in [4.78, 5) is 8.68. The Balaban J connectivity index is 1.61. The fraction of sp³-hybridized carbons (Fsp3) is 0.824. The Morgan fingerprint density at radius 2 is 1.90 bits per heavy atom. The highest BCUT2D eigenvalue weighted by molar-refractivity contribution is 7.15. The van der Waals surface area contributed by atoms with Crippen LogP contribution < -0.4 is 10.2 Å². The summed E-state index contributed by atoms with van der Waals surface area (Å²) < 4.78 is 0. The summed E-state index contributed by atoms with van der Waals surface area (Å²) in [6, 6.07) is 1.45. The zero-order chi connectivity index (χ0) is 15.0. The van der Waals surface area contributed by atoms with Crippen molar-refractivity contribution in [2.75, 3.05) is 11.9 Å². The molecule has 3 rings (SSSR count). The van der Waals surface area contributed by atoms with Crippen LogP contribution in [0.5, 0.6) is 0 Å². The molecular formula is C17H29N3S. The molecule has 0 spiro atoms. The number of nitrogens with zero attached hydrogens (tertiary/aromatic N) is 2. The molecule has 0 unspecified atom stereocenters. The fourth-order valence-electron chi connectivity index (χ4n) is 3.18. The molecule has 0 aromatic carbocycles. The molecule has 0 saturated heterocycles. The average Bonchev–Trinajstić information content (AvgIpc) is 3.19. The molecule has 1 aromatic heterocycles. The van der Waals surface area contributed by atoms with Gasteiger partial charge in [0.1, 0.15) is 0 Å². The van der Waals surface area contributed by atoms with Crippen LogP contribution in [-0.2, 0) is 6.54 Å². The van der Waals surface area contributed by atoms with Gasteiger partial charge in [0.25, 0.3) is 0 Å². The average molecular weight is 308 g/mol. The number of aryl methyl sites for hydroxylation is 1. The molecule has 0 radical (unpaired) electrons. The fourth-order valence-corrected chi connectivity index (χ4v) is 4.22. The number of hydrogen-bond donors (Lipinski definition) is 1. The third kappa shape index (κ3) is 3.78. The summed E-state index contributed by atoms with van der Waals surface area (Å²) in [6.45, 7) is 7.96. The minimum Gasteiger partial charge on any atom is -0.348 e. The van der Waals surface area contributed by atoms with Crippen LogP contribution in [0.1, 0.15) is 62.9 Å². The van der Waals surface area contributed by atoms with Gasteiger partial charge in [0.05, 0.1) is 5.69 Å². The van der Waals surface area contributed by atoms with Gasteiger partial charge in [-0.15, -0.1) is 11.3 Å². The van der Waals surface area contributed by atoms with Gasteiger partial charge in [-0.25, -0.2) is 4.98 Å². The van der Waals surface area contributed by atoms with Crippen LogP contribution in [-0.4, -0.2) is 24.1 Å². The van der Waals surface area contributed by atoms with Gasteiger partial charge >= 0.3 is 0 Å². The first-order valence-electron chi connectivity index (χ1n) is 8.37. The second kappa shape index (κ2) is 5.88. The smallest absolute Gasteiger partial charge is 0.185 e. The molecule has 118 valence electrons. The SMILES string of the molecule is Cc1nc(N(C)C2CCC(C)(C)CC2)sc1CNC1CC1. The summed E-state index contributed by atoms with van der Waals surface area (Å²) in [7, 11) is 2.24. The molecule has 2 saturated carbocycles. The van der Waals surface area contributed by atoms with Crippen molar-refractivity contribution in [3.05, 3.63) is 10.6 Å². The van der Waals surface area contributed by atoms with E-state index in [9.17, 15) is 0 Å². The minimum absolute atomic E-state index is 0.537. The van der Waals surface area contributed by atoms with Crippen LogP contribution in [0, 0.1) is 12.3 Å². The Kier molecular flexibility index (Phi) is 4.28. The summed E-state index contributed by atoms with van der Waals surface area (Å²) >= 11 is 1.88. The van der Waals surface area contributed by atoms with Crippen molar-refractivity contribution in [2.45, 2.75) is 77.9 Å². The van der Waals surface area contributed by atoms with Crippen molar-refractivity contribution in [1.82, 2.24) is 10.3 Å². The van der Waals surface area contributed by atoms with E-state index in [1.807, 2.05) is 11.3 Å². The molecule has 2 fully saturated rings. The molecule has 21 heavy (non-hydrogen) atoms. The maximum Gasteiger partial charge on any atom is 0.185 e. The molecule has 0 amide bonds.